The van der Waals surface area contributed by atoms with E-state index < -0.39 is 21.3 Å². The molecule has 0 bridgehead atoms. The molecule has 0 aliphatic heterocycles. The van der Waals surface area contributed by atoms with Gasteiger partial charge in [0.2, 0.25) is 0 Å². The molecule has 0 radical (unpaired) electrons. The van der Waals surface area contributed by atoms with Gasteiger partial charge in [0, 0.05) is 18.2 Å². The molecule has 0 atom stereocenters. The Labute approximate surface area is 105 Å². The summed E-state index contributed by atoms with van der Waals surface area (Å²) in [6.07, 6.45) is 2.56. The largest absolute Gasteiger partial charge is 0.493 e. The fraction of sp³-hybridized carbons (Fsp3) is 0.500. The third-order valence-electron chi connectivity index (χ3n) is 3.09. The Bertz CT molecular complexity index is 576. The van der Waals surface area contributed by atoms with Gasteiger partial charge in [0.1, 0.15) is 4.90 Å². The van der Waals surface area contributed by atoms with Gasteiger partial charge in [-0.2, -0.15) is 0 Å². The summed E-state index contributed by atoms with van der Waals surface area (Å²) in [6, 6.07) is 2.71. The van der Waals surface area contributed by atoms with Gasteiger partial charge in [-0.15, -0.1) is 0 Å². The van der Waals surface area contributed by atoms with E-state index in [2.05, 4.69) is 0 Å². The minimum absolute atomic E-state index is 0.0988. The van der Waals surface area contributed by atoms with Crippen LogP contribution in [-0.4, -0.2) is 32.5 Å². The van der Waals surface area contributed by atoms with Gasteiger partial charge in [0.25, 0.3) is 0 Å². The summed E-state index contributed by atoms with van der Waals surface area (Å²) in [5.41, 5.74) is -0.297. The highest BCUT2D eigenvalue weighted by atomic mass is 32.2. The van der Waals surface area contributed by atoms with Crippen molar-refractivity contribution in [3.05, 3.63) is 23.5 Å². The van der Waals surface area contributed by atoms with Gasteiger partial charge in [0.05, 0.1) is 12.7 Å². The van der Waals surface area contributed by atoms with Crippen molar-refractivity contribution >= 4 is 9.84 Å². The van der Waals surface area contributed by atoms with E-state index in [-0.39, 0.29) is 17.1 Å². The molecule has 0 spiro atoms. The van der Waals surface area contributed by atoms with Gasteiger partial charge in [-0.05, 0) is 18.9 Å². The van der Waals surface area contributed by atoms with Gasteiger partial charge in [-0.1, -0.05) is 6.07 Å². The second kappa shape index (κ2) is 4.20. The van der Waals surface area contributed by atoms with E-state index in [1.807, 2.05) is 0 Å². The number of ether oxygens (including phenoxy) is 1. The Kier molecular flexibility index (Phi) is 3.11. The van der Waals surface area contributed by atoms with Crippen LogP contribution in [0, 0.1) is 5.82 Å². The van der Waals surface area contributed by atoms with Gasteiger partial charge in [0.15, 0.2) is 21.4 Å². The Morgan fingerprint density at radius 2 is 2.06 bits per heavy atom. The molecule has 0 aromatic heterocycles. The number of hydrogen-bond donors (Lipinski definition) is 1. The van der Waals surface area contributed by atoms with E-state index in [9.17, 15) is 17.9 Å². The summed E-state index contributed by atoms with van der Waals surface area (Å²) in [5, 5.41) is 9.83. The van der Waals surface area contributed by atoms with Crippen LogP contribution in [0.2, 0.25) is 0 Å². The summed E-state index contributed by atoms with van der Waals surface area (Å²) in [7, 11) is -2.35. The molecule has 1 N–H and O–H groups in total. The number of hydrogen-bond acceptors (Lipinski definition) is 4. The quantitative estimate of drug-likeness (QED) is 0.899. The van der Waals surface area contributed by atoms with Gasteiger partial charge < -0.3 is 9.84 Å². The molecule has 1 fully saturated rings. The molecule has 0 heterocycles. The maximum absolute atomic E-state index is 14.0. The van der Waals surface area contributed by atoms with Crippen molar-refractivity contribution in [1.82, 2.24) is 0 Å². The summed E-state index contributed by atoms with van der Waals surface area (Å²) in [4.78, 5) is -0.383. The van der Waals surface area contributed by atoms with E-state index in [4.69, 9.17) is 4.74 Å². The molecular weight excluding hydrogens is 259 g/mol. The zero-order valence-corrected chi connectivity index (χ0v) is 11.1. The Balaban J connectivity index is 2.47. The molecule has 4 nitrogen and oxygen atoms in total. The predicted octanol–water partition coefficient (Wildman–Crippen LogP) is 1.31. The van der Waals surface area contributed by atoms with Crippen LogP contribution in [0.25, 0.3) is 0 Å². The van der Waals surface area contributed by atoms with E-state index in [0.717, 1.165) is 6.26 Å². The van der Waals surface area contributed by atoms with Crippen molar-refractivity contribution in [2.75, 3.05) is 13.4 Å². The second-order valence-corrected chi connectivity index (χ2v) is 6.73. The molecule has 1 aromatic rings. The van der Waals surface area contributed by atoms with Crippen LogP contribution >= 0.6 is 0 Å². The zero-order valence-electron chi connectivity index (χ0n) is 10.2. The van der Waals surface area contributed by atoms with Crippen LogP contribution in [-0.2, 0) is 16.3 Å². The van der Waals surface area contributed by atoms with Crippen molar-refractivity contribution in [2.45, 2.75) is 29.8 Å². The molecule has 100 valence electrons. The summed E-state index contributed by atoms with van der Waals surface area (Å²) >= 11 is 0. The molecule has 1 aliphatic carbocycles. The summed E-state index contributed by atoms with van der Waals surface area (Å²) in [5.74, 6) is -0.986. The topological polar surface area (TPSA) is 63.6 Å². The molecule has 6 heteroatoms. The van der Waals surface area contributed by atoms with E-state index in [1.54, 1.807) is 0 Å². The van der Waals surface area contributed by atoms with E-state index in [0.29, 0.717) is 18.4 Å². The molecule has 18 heavy (non-hydrogen) atoms. The lowest BCUT2D eigenvalue weighted by atomic mass is 10.1. The Hall–Kier alpha value is -1.14. The van der Waals surface area contributed by atoms with Gasteiger partial charge in [-0.25, -0.2) is 12.8 Å². The highest BCUT2D eigenvalue weighted by molar-refractivity contribution is 7.90. The molecule has 1 aliphatic rings. The minimum Gasteiger partial charge on any atom is -0.493 e. The highest BCUT2D eigenvalue weighted by Crippen LogP contribution is 2.41. The SMILES string of the molecule is COc1c(CC2(O)CC2)ccc(S(C)(=O)=O)c1F. The first-order valence-corrected chi connectivity index (χ1v) is 7.44. The first kappa shape index (κ1) is 13.3. The predicted molar refractivity (Wildman–Crippen MR) is 63.9 cm³/mol. The maximum Gasteiger partial charge on any atom is 0.183 e. The molecule has 0 saturated heterocycles. The Morgan fingerprint density at radius 1 is 1.44 bits per heavy atom. The number of halogens is 1. The average Bonchev–Trinajstić information content (AvgIpc) is 2.94. The van der Waals surface area contributed by atoms with Crippen LogP contribution in [0.15, 0.2) is 17.0 Å². The van der Waals surface area contributed by atoms with Crippen molar-refractivity contribution < 1.29 is 22.7 Å². The van der Waals surface area contributed by atoms with Crippen molar-refractivity contribution in [3.8, 4) is 5.75 Å². The molecule has 1 saturated carbocycles. The summed E-state index contributed by atoms with van der Waals surface area (Å²) in [6.45, 7) is 0. The zero-order chi connectivity index (χ0) is 13.6. The first-order valence-electron chi connectivity index (χ1n) is 5.55. The van der Waals surface area contributed by atoms with Crippen LogP contribution in [0.5, 0.6) is 5.75 Å². The highest BCUT2D eigenvalue weighted by Gasteiger charge is 2.41. The molecule has 0 unspecified atom stereocenters. The van der Waals surface area contributed by atoms with Crippen LogP contribution < -0.4 is 4.74 Å². The van der Waals surface area contributed by atoms with Crippen LogP contribution in [0.3, 0.4) is 0 Å². The molecule has 2 rings (SSSR count). The normalized spacial score (nSPS) is 17.6. The second-order valence-electron chi connectivity index (χ2n) is 4.74. The fourth-order valence-electron chi connectivity index (χ4n) is 1.90. The van der Waals surface area contributed by atoms with Crippen molar-refractivity contribution in [1.29, 1.82) is 0 Å². The lowest BCUT2D eigenvalue weighted by Crippen LogP contribution is -2.13. The van der Waals surface area contributed by atoms with Crippen LogP contribution in [0.1, 0.15) is 18.4 Å². The first-order chi connectivity index (χ1) is 8.27. The number of aliphatic hydroxyl groups is 1. The standard InChI is InChI=1S/C12H15FO4S/c1-17-11-8(7-12(14)5-6-12)3-4-9(10(11)13)18(2,15)16/h3-4,14H,5-7H2,1-2H3. The number of methoxy groups -OCH3 is 1. The maximum atomic E-state index is 14.0. The van der Waals surface area contributed by atoms with E-state index >= 15 is 0 Å². The molecule has 1 aromatic carbocycles. The number of sulfone groups is 1. The fourth-order valence-corrected chi connectivity index (χ4v) is 2.63. The van der Waals surface area contributed by atoms with Crippen LogP contribution in [0.4, 0.5) is 4.39 Å². The average molecular weight is 274 g/mol. The lowest BCUT2D eigenvalue weighted by molar-refractivity contribution is 0.149. The lowest BCUT2D eigenvalue weighted by Gasteiger charge is -2.14. The minimum atomic E-state index is -3.63. The molecule has 0 amide bonds. The monoisotopic (exact) mass is 274 g/mol. The van der Waals surface area contributed by atoms with E-state index in [1.165, 1.54) is 19.2 Å². The molecular formula is C12H15FO4S. The third kappa shape index (κ3) is 2.49. The Morgan fingerprint density at radius 3 is 2.50 bits per heavy atom. The van der Waals surface area contributed by atoms with Crippen molar-refractivity contribution in [3.63, 3.8) is 0 Å². The smallest absolute Gasteiger partial charge is 0.183 e. The third-order valence-corrected chi connectivity index (χ3v) is 4.21. The summed E-state index contributed by atoms with van der Waals surface area (Å²) < 4.78 is 41.7. The number of benzene rings is 1. The van der Waals surface area contributed by atoms with Gasteiger partial charge >= 0.3 is 0 Å². The van der Waals surface area contributed by atoms with Gasteiger partial charge in [-0.3, -0.25) is 0 Å². The van der Waals surface area contributed by atoms with Crippen molar-refractivity contribution in [2.24, 2.45) is 0 Å². The number of rotatable bonds is 4.